The fourth-order valence-corrected chi connectivity index (χ4v) is 4.12. The van der Waals surface area contributed by atoms with Crippen LogP contribution in [0.5, 0.6) is 5.75 Å². The summed E-state index contributed by atoms with van der Waals surface area (Å²) in [4.78, 5) is 12.4. The van der Waals surface area contributed by atoms with Crippen molar-refractivity contribution < 1.29 is 26.7 Å². The molecule has 3 nitrogen and oxygen atoms in total. The van der Waals surface area contributed by atoms with Crippen molar-refractivity contribution in [1.29, 1.82) is 0 Å². The zero-order chi connectivity index (χ0) is 25.5. The lowest BCUT2D eigenvalue weighted by atomic mass is 10.0. The smallest absolute Gasteiger partial charge is 0.389 e. The van der Waals surface area contributed by atoms with Crippen LogP contribution in [0.4, 0.5) is 17.6 Å². The van der Waals surface area contributed by atoms with E-state index in [1.165, 1.54) is 38.2 Å². The van der Waals surface area contributed by atoms with Crippen LogP contribution in [-0.2, 0) is 6.42 Å². The van der Waals surface area contributed by atoms with Gasteiger partial charge in [-0.05, 0) is 49.6 Å². The molecule has 0 aliphatic rings. The van der Waals surface area contributed by atoms with Crippen LogP contribution in [0, 0.1) is 5.82 Å². The minimum atomic E-state index is -4.13. The van der Waals surface area contributed by atoms with Crippen molar-refractivity contribution in [3.05, 3.63) is 52.9 Å². The number of benzene rings is 1. The van der Waals surface area contributed by atoms with Crippen molar-refractivity contribution in [2.75, 3.05) is 6.61 Å². The molecule has 35 heavy (non-hydrogen) atoms. The fraction of sp³-hybridized carbons (Fsp3) is 0.607. The van der Waals surface area contributed by atoms with Gasteiger partial charge in [-0.2, -0.15) is 13.2 Å². The van der Waals surface area contributed by atoms with E-state index >= 15 is 0 Å². The van der Waals surface area contributed by atoms with E-state index in [0.29, 0.717) is 36.8 Å². The van der Waals surface area contributed by atoms with E-state index in [0.717, 1.165) is 25.7 Å². The highest BCUT2D eigenvalue weighted by Gasteiger charge is 2.25. The molecule has 0 unspecified atom stereocenters. The highest BCUT2D eigenvalue weighted by molar-refractivity contribution is 5.83. The Morgan fingerprint density at radius 3 is 2.20 bits per heavy atom. The van der Waals surface area contributed by atoms with Gasteiger partial charge in [0.1, 0.15) is 11.1 Å². The molecule has 0 radical (unpaired) electrons. The third-order valence-corrected chi connectivity index (χ3v) is 6.08. The zero-order valence-electron chi connectivity index (χ0n) is 20.6. The first kappa shape index (κ1) is 28.9. The first-order valence-electron chi connectivity index (χ1n) is 12.9. The molecule has 2 aromatic rings. The lowest BCUT2D eigenvalue weighted by Gasteiger charge is -2.10. The third kappa shape index (κ3) is 11.3. The molecule has 2 rings (SSSR count). The standard InChI is InChI=1S/C28H38F4O3/c1-2-3-4-5-6-7-8-9-10-13-16-23-21-22-17-18-24(26(29)25(22)27(33)35-23)34-20-15-12-11-14-19-28(30,31)32/h2,17-18,21H,1,3-16,19-20H2. The second-order valence-corrected chi connectivity index (χ2v) is 9.13. The van der Waals surface area contributed by atoms with Gasteiger partial charge in [0, 0.05) is 12.8 Å². The SMILES string of the molecule is C=CCCCCCCCCCCc1cc2ccc(OCCCCCCC(F)(F)F)c(F)c2c(=O)o1. The van der Waals surface area contributed by atoms with Gasteiger partial charge in [0.15, 0.2) is 11.6 Å². The summed E-state index contributed by atoms with van der Waals surface area (Å²) in [5.74, 6) is -0.246. The van der Waals surface area contributed by atoms with Crippen LogP contribution in [0.1, 0.15) is 95.7 Å². The van der Waals surface area contributed by atoms with E-state index in [9.17, 15) is 22.4 Å². The molecule has 0 N–H and O–H groups in total. The molecule has 0 fully saturated rings. The summed E-state index contributed by atoms with van der Waals surface area (Å²) in [7, 11) is 0. The highest BCUT2D eigenvalue weighted by Crippen LogP contribution is 2.26. The summed E-state index contributed by atoms with van der Waals surface area (Å²) in [6, 6.07) is 4.84. The lowest BCUT2D eigenvalue weighted by molar-refractivity contribution is -0.135. The van der Waals surface area contributed by atoms with Gasteiger partial charge in [-0.3, -0.25) is 0 Å². The van der Waals surface area contributed by atoms with Crippen molar-refractivity contribution >= 4 is 10.8 Å². The van der Waals surface area contributed by atoms with Crippen LogP contribution in [-0.4, -0.2) is 12.8 Å². The van der Waals surface area contributed by atoms with Gasteiger partial charge < -0.3 is 9.15 Å². The number of allylic oxidation sites excluding steroid dienone is 1. The number of ether oxygens (including phenoxy) is 1. The van der Waals surface area contributed by atoms with Gasteiger partial charge in [0.25, 0.3) is 0 Å². The van der Waals surface area contributed by atoms with E-state index in [2.05, 4.69) is 6.58 Å². The third-order valence-electron chi connectivity index (χ3n) is 6.08. The molecule has 0 amide bonds. The van der Waals surface area contributed by atoms with Crippen molar-refractivity contribution in [3.63, 3.8) is 0 Å². The van der Waals surface area contributed by atoms with E-state index in [1.54, 1.807) is 12.1 Å². The summed E-state index contributed by atoms with van der Waals surface area (Å²) in [6.45, 7) is 3.91. The van der Waals surface area contributed by atoms with Crippen molar-refractivity contribution in [2.24, 2.45) is 0 Å². The Labute approximate surface area is 205 Å². The molecule has 7 heteroatoms. The highest BCUT2D eigenvalue weighted by atomic mass is 19.4. The van der Waals surface area contributed by atoms with Gasteiger partial charge in [0.2, 0.25) is 0 Å². The minimum absolute atomic E-state index is 0.0441. The van der Waals surface area contributed by atoms with Gasteiger partial charge in [0.05, 0.1) is 6.61 Å². The molecule has 1 heterocycles. The van der Waals surface area contributed by atoms with Crippen LogP contribution in [0.25, 0.3) is 10.8 Å². The Morgan fingerprint density at radius 2 is 1.51 bits per heavy atom. The molecular weight excluding hydrogens is 460 g/mol. The summed E-state index contributed by atoms with van der Waals surface area (Å²) in [5.41, 5.74) is -0.716. The van der Waals surface area contributed by atoms with Crippen LogP contribution in [0.3, 0.4) is 0 Å². The zero-order valence-corrected chi connectivity index (χ0v) is 20.6. The predicted octanol–water partition coefficient (Wildman–Crippen LogP) is 9.06. The van der Waals surface area contributed by atoms with Crippen molar-refractivity contribution in [1.82, 2.24) is 0 Å². The maximum atomic E-state index is 14.8. The van der Waals surface area contributed by atoms with E-state index in [1.807, 2.05) is 6.08 Å². The first-order valence-corrected chi connectivity index (χ1v) is 12.9. The average Bonchev–Trinajstić information content (AvgIpc) is 2.80. The van der Waals surface area contributed by atoms with E-state index in [-0.39, 0.29) is 24.2 Å². The number of alkyl halides is 3. The molecule has 0 bridgehead atoms. The van der Waals surface area contributed by atoms with Crippen LogP contribution in [0.2, 0.25) is 0 Å². The number of hydrogen-bond acceptors (Lipinski definition) is 3. The molecule has 1 aromatic heterocycles. The second kappa shape index (κ2) is 15.6. The van der Waals surface area contributed by atoms with Crippen LogP contribution in [0.15, 0.2) is 40.1 Å². The maximum Gasteiger partial charge on any atom is 0.389 e. The number of halogens is 4. The van der Waals surface area contributed by atoms with Crippen molar-refractivity contribution in [2.45, 2.75) is 102 Å². The number of fused-ring (bicyclic) bond motifs is 1. The Bertz CT molecular complexity index is 950. The molecule has 0 saturated heterocycles. The summed E-state index contributed by atoms with van der Waals surface area (Å²) >= 11 is 0. The Balaban J connectivity index is 1.74. The molecule has 1 aromatic carbocycles. The Kier molecular flexibility index (Phi) is 12.9. The molecular formula is C28H38F4O3. The van der Waals surface area contributed by atoms with E-state index < -0.39 is 24.0 Å². The normalized spacial score (nSPS) is 11.8. The van der Waals surface area contributed by atoms with Gasteiger partial charge in [-0.15, -0.1) is 6.58 Å². The molecule has 0 saturated carbocycles. The van der Waals surface area contributed by atoms with Crippen LogP contribution >= 0.6 is 0 Å². The lowest BCUT2D eigenvalue weighted by Crippen LogP contribution is -2.07. The monoisotopic (exact) mass is 498 g/mol. The van der Waals surface area contributed by atoms with Gasteiger partial charge in [-0.1, -0.05) is 63.5 Å². The topological polar surface area (TPSA) is 39.4 Å². The summed E-state index contributed by atoms with van der Waals surface area (Å²) < 4.78 is 62.0. The maximum absolute atomic E-state index is 14.8. The van der Waals surface area contributed by atoms with Gasteiger partial charge >= 0.3 is 11.8 Å². The number of aryl methyl sites for hydroxylation is 1. The first-order chi connectivity index (χ1) is 16.8. The number of hydrogen-bond donors (Lipinski definition) is 0. The average molecular weight is 499 g/mol. The molecule has 0 atom stereocenters. The summed E-state index contributed by atoms with van der Waals surface area (Å²) in [6.07, 6.45) is 9.65. The van der Waals surface area contributed by atoms with E-state index in [4.69, 9.17) is 9.15 Å². The fourth-order valence-electron chi connectivity index (χ4n) is 4.12. The summed E-state index contributed by atoms with van der Waals surface area (Å²) in [5, 5.41) is 0.348. The van der Waals surface area contributed by atoms with Crippen LogP contribution < -0.4 is 10.4 Å². The number of unbranched alkanes of at least 4 members (excludes halogenated alkanes) is 11. The molecule has 0 aliphatic carbocycles. The Hall–Kier alpha value is -2.31. The molecule has 0 spiro atoms. The largest absolute Gasteiger partial charge is 0.490 e. The molecule has 0 aliphatic heterocycles. The molecule has 196 valence electrons. The minimum Gasteiger partial charge on any atom is -0.490 e. The Morgan fingerprint density at radius 1 is 0.886 bits per heavy atom. The second-order valence-electron chi connectivity index (χ2n) is 9.13. The van der Waals surface area contributed by atoms with Crippen molar-refractivity contribution in [3.8, 4) is 5.75 Å². The number of rotatable bonds is 18. The van der Waals surface area contributed by atoms with Gasteiger partial charge in [-0.25, -0.2) is 9.18 Å². The quantitative estimate of drug-likeness (QED) is 0.117. The predicted molar refractivity (Wildman–Crippen MR) is 133 cm³/mol.